The van der Waals surface area contributed by atoms with Crippen LogP contribution >= 0.6 is 0 Å². The molecule has 0 heterocycles. The largest absolute Gasteiger partial charge is 0.330 e. The number of hydrogen-bond donors (Lipinski definition) is 4. The molecular formula is C8H21N3O3S. The van der Waals surface area contributed by atoms with E-state index < -0.39 is 14.9 Å². The van der Waals surface area contributed by atoms with Gasteiger partial charge in [0.25, 0.3) is 10.1 Å². The third kappa shape index (κ3) is 4.04. The molecule has 0 saturated heterocycles. The van der Waals surface area contributed by atoms with Crippen LogP contribution in [-0.2, 0) is 10.1 Å². The highest BCUT2D eigenvalue weighted by Gasteiger charge is 2.40. The van der Waals surface area contributed by atoms with Crippen LogP contribution < -0.4 is 17.2 Å². The van der Waals surface area contributed by atoms with E-state index in [1.807, 2.05) is 0 Å². The molecule has 0 saturated carbocycles. The first-order valence-electron chi connectivity index (χ1n) is 5.01. The fourth-order valence-electron chi connectivity index (χ4n) is 1.54. The highest BCUT2D eigenvalue weighted by molar-refractivity contribution is 7.87. The van der Waals surface area contributed by atoms with Gasteiger partial charge in [0.1, 0.15) is 4.75 Å². The van der Waals surface area contributed by atoms with Crippen LogP contribution in [0.15, 0.2) is 0 Å². The molecule has 0 amide bonds. The van der Waals surface area contributed by atoms with Crippen LogP contribution in [0.1, 0.15) is 25.7 Å². The van der Waals surface area contributed by atoms with Gasteiger partial charge in [-0.2, -0.15) is 8.42 Å². The van der Waals surface area contributed by atoms with Crippen LogP contribution in [0.25, 0.3) is 0 Å². The summed E-state index contributed by atoms with van der Waals surface area (Å²) in [5, 5.41) is 0. The molecule has 0 spiro atoms. The Labute approximate surface area is 90.9 Å². The SMILES string of the molecule is NCCCC(CN)(CCCN)S(=O)(=O)O. The summed E-state index contributed by atoms with van der Waals surface area (Å²) in [4.78, 5) is 0. The fraction of sp³-hybridized carbons (Fsp3) is 1.00. The van der Waals surface area contributed by atoms with Crippen molar-refractivity contribution in [2.75, 3.05) is 19.6 Å². The molecule has 6 nitrogen and oxygen atoms in total. The summed E-state index contributed by atoms with van der Waals surface area (Å²) in [6.07, 6.45) is 1.58. The third-order valence-corrected chi connectivity index (χ3v) is 4.26. The van der Waals surface area contributed by atoms with Crippen LogP contribution in [0.5, 0.6) is 0 Å². The fourth-order valence-corrected chi connectivity index (χ4v) is 2.56. The Morgan fingerprint density at radius 3 is 1.60 bits per heavy atom. The first-order chi connectivity index (χ1) is 6.93. The second-order valence-corrected chi connectivity index (χ2v) is 5.46. The average molecular weight is 239 g/mol. The summed E-state index contributed by atoms with van der Waals surface area (Å²) < 4.78 is 30.5. The van der Waals surface area contributed by atoms with Gasteiger partial charge in [0.05, 0.1) is 0 Å². The Balaban J connectivity index is 4.77. The second kappa shape index (κ2) is 6.39. The van der Waals surface area contributed by atoms with Gasteiger partial charge in [-0.1, -0.05) is 0 Å². The van der Waals surface area contributed by atoms with Crippen molar-refractivity contribution < 1.29 is 13.0 Å². The Hall–Kier alpha value is -0.210. The standard InChI is InChI=1S/C8H21N3O3S/c9-5-1-3-8(7-11,4-2-6-10)15(12,13)14/h1-7,9-11H2,(H,12,13,14). The van der Waals surface area contributed by atoms with Crippen LogP contribution in [0.2, 0.25) is 0 Å². The lowest BCUT2D eigenvalue weighted by atomic mass is 9.96. The number of rotatable bonds is 8. The van der Waals surface area contributed by atoms with Gasteiger partial charge in [0.15, 0.2) is 0 Å². The maximum Gasteiger partial charge on any atom is 0.271 e. The Bertz CT molecular complexity index is 258. The van der Waals surface area contributed by atoms with E-state index in [0.717, 1.165) is 0 Å². The molecule has 0 aromatic carbocycles. The van der Waals surface area contributed by atoms with E-state index in [-0.39, 0.29) is 19.4 Å². The molecule has 0 radical (unpaired) electrons. The average Bonchev–Trinajstić information content (AvgIpc) is 2.17. The summed E-state index contributed by atoms with van der Waals surface area (Å²) >= 11 is 0. The molecule has 0 aliphatic rings. The Morgan fingerprint density at radius 2 is 1.40 bits per heavy atom. The van der Waals surface area contributed by atoms with Crippen LogP contribution in [0.4, 0.5) is 0 Å². The first-order valence-corrected chi connectivity index (χ1v) is 6.45. The molecule has 92 valence electrons. The minimum absolute atomic E-state index is 0.105. The first kappa shape index (κ1) is 14.8. The van der Waals surface area contributed by atoms with E-state index in [0.29, 0.717) is 25.9 Å². The van der Waals surface area contributed by atoms with Crippen molar-refractivity contribution in [1.29, 1.82) is 0 Å². The quantitative estimate of drug-likeness (QED) is 0.404. The van der Waals surface area contributed by atoms with Gasteiger partial charge in [-0.15, -0.1) is 0 Å². The maximum atomic E-state index is 11.3. The second-order valence-electron chi connectivity index (χ2n) is 3.65. The molecule has 0 bridgehead atoms. The van der Waals surface area contributed by atoms with Crippen molar-refractivity contribution in [1.82, 2.24) is 0 Å². The lowest BCUT2D eigenvalue weighted by Crippen LogP contribution is -2.46. The summed E-state index contributed by atoms with van der Waals surface area (Å²) in [6.45, 7) is 0.644. The van der Waals surface area contributed by atoms with Crippen molar-refractivity contribution in [3.63, 3.8) is 0 Å². The van der Waals surface area contributed by atoms with Crippen molar-refractivity contribution in [3.8, 4) is 0 Å². The van der Waals surface area contributed by atoms with E-state index in [4.69, 9.17) is 17.2 Å². The Kier molecular flexibility index (Phi) is 6.30. The van der Waals surface area contributed by atoms with Gasteiger partial charge >= 0.3 is 0 Å². The van der Waals surface area contributed by atoms with Crippen molar-refractivity contribution in [2.24, 2.45) is 17.2 Å². The molecule has 0 aromatic heterocycles. The van der Waals surface area contributed by atoms with E-state index in [1.165, 1.54) is 0 Å². The predicted octanol–water partition coefficient (Wildman–Crippen LogP) is -0.950. The Morgan fingerprint density at radius 1 is 1.00 bits per heavy atom. The van der Waals surface area contributed by atoms with Gasteiger partial charge in [-0.3, -0.25) is 4.55 Å². The number of hydrogen-bond acceptors (Lipinski definition) is 5. The lowest BCUT2D eigenvalue weighted by molar-refractivity contribution is 0.384. The van der Waals surface area contributed by atoms with Crippen LogP contribution in [-0.4, -0.2) is 37.4 Å². The highest BCUT2D eigenvalue weighted by Crippen LogP contribution is 2.27. The van der Waals surface area contributed by atoms with E-state index in [2.05, 4.69) is 0 Å². The van der Waals surface area contributed by atoms with Crippen molar-refractivity contribution >= 4 is 10.1 Å². The van der Waals surface area contributed by atoms with Gasteiger partial charge < -0.3 is 17.2 Å². The summed E-state index contributed by atoms with van der Waals surface area (Å²) in [5.74, 6) is 0. The highest BCUT2D eigenvalue weighted by atomic mass is 32.2. The van der Waals surface area contributed by atoms with E-state index >= 15 is 0 Å². The van der Waals surface area contributed by atoms with Crippen LogP contribution in [0, 0.1) is 0 Å². The molecule has 0 atom stereocenters. The molecule has 7 N–H and O–H groups in total. The molecule has 0 rings (SSSR count). The van der Waals surface area contributed by atoms with Crippen molar-refractivity contribution in [2.45, 2.75) is 30.4 Å². The molecular weight excluding hydrogens is 218 g/mol. The van der Waals surface area contributed by atoms with E-state index in [1.54, 1.807) is 0 Å². The van der Waals surface area contributed by atoms with E-state index in [9.17, 15) is 13.0 Å². The topological polar surface area (TPSA) is 132 Å². The molecule has 0 aliphatic heterocycles. The zero-order valence-corrected chi connectivity index (χ0v) is 9.67. The van der Waals surface area contributed by atoms with Crippen LogP contribution in [0.3, 0.4) is 0 Å². The normalized spacial score (nSPS) is 13.1. The molecule has 0 fully saturated rings. The molecule has 0 aromatic rings. The summed E-state index contributed by atoms with van der Waals surface area (Å²) in [7, 11) is -4.16. The molecule has 7 heteroatoms. The van der Waals surface area contributed by atoms with Gasteiger partial charge in [-0.25, -0.2) is 0 Å². The zero-order chi connectivity index (χ0) is 11.9. The minimum Gasteiger partial charge on any atom is -0.330 e. The minimum atomic E-state index is -4.16. The van der Waals surface area contributed by atoms with Crippen molar-refractivity contribution in [3.05, 3.63) is 0 Å². The lowest BCUT2D eigenvalue weighted by Gasteiger charge is -2.28. The summed E-state index contributed by atoms with van der Waals surface area (Å²) in [6, 6.07) is 0. The smallest absolute Gasteiger partial charge is 0.271 e. The van der Waals surface area contributed by atoms with Gasteiger partial charge in [0, 0.05) is 6.54 Å². The third-order valence-electron chi connectivity index (χ3n) is 2.59. The predicted molar refractivity (Wildman–Crippen MR) is 59.9 cm³/mol. The summed E-state index contributed by atoms with van der Waals surface area (Å²) in [5.41, 5.74) is 16.1. The monoisotopic (exact) mass is 239 g/mol. The zero-order valence-electron chi connectivity index (χ0n) is 8.85. The molecule has 0 unspecified atom stereocenters. The van der Waals surface area contributed by atoms with Gasteiger partial charge in [0.2, 0.25) is 0 Å². The maximum absolute atomic E-state index is 11.3. The molecule has 0 aliphatic carbocycles. The number of nitrogens with two attached hydrogens (primary N) is 3. The molecule has 15 heavy (non-hydrogen) atoms. The van der Waals surface area contributed by atoms with Gasteiger partial charge in [-0.05, 0) is 38.8 Å².